The van der Waals surface area contributed by atoms with E-state index in [-0.39, 0.29) is 17.6 Å². The lowest BCUT2D eigenvalue weighted by Crippen LogP contribution is -2.28. The molecule has 0 bridgehead atoms. The topological polar surface area (TPSA) is 91.6 Å². The van der Waals surface area contributed by atoms with Gasteiger partial charge in [-0.05, 0) is 32.9 Å². The number of rotatable bonds is 3. The van der Waals surface area contributed by atoms with Crippen LogP contribution in [0.5, 0.6) is 0 Å². The van der Waals surface area contributed by atoms with Crippen molar-refractivity contribution in [3.8, 4) is 6.07 Å². The molecule has 21 heavy (non-hydrogen) atoms. The van der Waals surface area contributed by atoms with E-state index in [0.717, 1.165) is 11.4 Å². The monoisotopic (exact) mass is 281 g/mol. The summed E-state index contributed by atoms with van der Waals surface area (Å²) in [6.07, 6.45) is 3.20. The molecule has 0 aliphatic carbocycles. The van der Waals surface area contributed by atoms with Crippen LogP contribution in [0.3, 0.4) is 0 Å². The first kappa shape index (κ1) is 14.6. The Kier molecular flexibility index (Phi) is 4.24. The lowest BCUT2D eigenvalue weighted by Gasteiger charge is -2.14. The fraction of sp³-hybridized carbons (Fsp3) is 0.267. The minimum Gasteiger partial charge on any atom is -0.343 e. The normalized spacial score (nSPS) is 11.5. The van der Waals surface area contributed by atoms with Gasteiger partial charge in [-0.1, -0.05) is 0 Å². The van der Waals surface area contributed by atoms with Crippen LogP contribution in [-0.2, 0) is 0 Å². The van der Waals surface area contributed by atoms with Gasteiger partial charge in [0.2, 0.25) is 0 Å². The maximum atomic E-state index is 12.2. The fourth-order valence-electron chi connectivity index (χ4n) is 1.99. The number of nitriles is 1. The molecule has 0 aliphatic rings. The Hall–Kier alpha value is -2.81. The molecule has 0 fully saturated rings. The van der Waals surface area contributed by atoms with Crippen LogP contribution < -0.4 is 5.32 Å². The van der Waals surface area contributed by atoms with Crippen molar-refractivity contribution in [1.29, 1.82) is 5.26 Å². The van der Waals surface area contributed by atoms with Gasteiger partial charge in [-0.3, -0.25) is 14.8 Å². The van der Waals surface area contributed by atoms with Gasteiger partial charge in [-0.15, -0.1) is 0 Å². The Labute approximate surface area is 122 Å². The lowest BCUT2D eigenvalue weighted by atomic mass is 10.1. The Morgan fingerprint density at radius 3 is 2.57 bits per heavy atom. The van der Waals surface area contributed by atoms with E-state index in [1.807, 2.05) is 19.9 Å². The highest BCUT2D eigenvalue weighted by atomic mass is 16.1. The first-order valence-corrected chi connectivity index (χ1v) is 6.49. The average molecular weight is 281 g/mol. The number of amides is 1. The van der Waals surface area contributed by atoms with Gasteiger partial charge in [0.05, 0.1) is 28.7 Å². The molecule has 0 unspecified atom stereocenters. The standard InChI is InChI=1S/C15H15N5O/c1-9-12(8-16)4-5-13(19-9)15(21)20-11(3)14-10(2)17-6-7-18-14/h4-7,11H,1-3H3,(H,20,21)/t11-/m1/s1. The van der Waals surface area contributed by atoms with E-state index in [1.54, 1.807) is 25.4 Å². The van der Waals surface area contributed by atoms with Crippen LogP contribution in [0.4, 0.5) is 0 Å². The van der Waals surface area contributed by atoms with E-state index in [0.29, 0.717) is 11.3 Å². The van der Waals surface area contributed by atoms with Crippen LogP contribution in [0.2, 0.25) is 0 Å². The van der Waals surface area contributed by atoms with E-state index >= 15 is 0 Å². The van der Waals surface area contributed by atoms with Crippen molar-refractivity contribution in [2.75, 3.05) is 0 Å². The molecule has 1 amide bonds. The summed E-state index contributed by atoms with van der Waals surface area (Å²) in [5, 5.41) is 11.7. The van der Waals surface area contributed by atoms with Crippen molar-refractivity contribution in [2.45, 2.75) is 26.8 Å². The van der Waals surface area contributed by atoms with Gasteiger partial charge in [0.25, 0.3) is 5.91 Å². The van der Waals surface area contributed by atoms with E-state index in [2.05, 4.69) is 20.3 Å². The number of carbonyl (C=O) groups is 1. The molecule has 1 N–H and O–H groups in total. The summed E-state index contributed by atoms with van der Waals surface area (Å²) in [7, 11) is 0. The molecular formula is C15H15N5O. The number of nitrogens with zero attached hydrogens (tertiary/aromatic N) is 4. The number of hydrogen-bond donors (Lipinski definition) is 1. The van der Waals surface area contributed by atoms with Crippen LogP contribution in [0.1, 0.15) is 46.1 Å². The molecule has 0 aromatic carbocycles. The zero-order valence-electron chi connectivity index (χ0n) is 12.1. The molecule has 2 heterocycles. The minimum absolute atomic E-state index is 0.274. The lowest BCUT2D eigenvalue weighted by molar-refractivity contribution is 0.0933. The van der Waals surface area contributed by atoms with Gasteiger partial charge in [-0.25, -0.2) is 4.98 Å². The Bertz CT molecular complexity index is 720. The number of nitrogens with one attached hydrogen (secondary N) is 1. The van der Waals surface area contributed by atoms with E-state index in [9.17, 15) is 4.79 Å². The second kappa shape index (κ2) is 6.09. The summed E-state index contributed by atoms with van der Waals surface area (Å²) in [5.41, 5.74) is 2.77. The largest absolute Gasteiger partial charge is 0.343 e. The predicted molar refractivity (Wildman–Crippen MR) is 76.3 cm³/mol. The Morgan fingerprint density at radius 1 is 1.24 bits per heavy atom. The van der Waals surface area contributed by atoms with Crippen LogP contribution in [0, 0.1) is 25.2 Å². The van der Waals surface area contributed by atoms with Crippen LogP contribution in [0.15, 0.2) is 24.5 Å². The predicted octanol–water partition coefficient (Wildman–Crippen LogP) is 1.85. The zero-order chi connectivity index (χ0) is 15.4. The van der Waals surface area contributed by atoms with Gasteiger partial charge in [0.15, 0.2) is 0 Å². The molecule has 6 nitrogen and oxygen atoms in total. The maximum absolute atomic E-state index is 12.2. The molecule has 2 aromatic rings. The number of carbonyl (C=O) groups excluding carboxylic acids is 1. The SMILES string of the molecule is Cc1nc(C(=O)N[C@H](C)c2nccnc2C)ccc1C#N. The van der Waals surface area contributed by atoms with Crippen molar-refractivity contribution in [3.63, 3.8) is 0 Å². The third-order valence-corrected chi connectivity index (χ3v) is 3.12. The molecule has 0 aliphatic heterocycles. The summed E-state index contributed by atoms with van der Waals surface area (Å²) in [6.45, 7) is 5.38. The van der Waals surface area contributed by atoms with Crippen LogP contribution in [0.25, 0.3) is 0 Å². The molecule has 1 atom stereocenters. The maximum Gasteiger partial charge on any atom is 0.270 e. The van der Waals surface area contributed by atoms with Crippen molar-refractivity contribution in [1.82, 2.24) is 20.3 Å². The molecule has 6 heteroatoms. The molecule has 0 saturated carbocycles. The molecule has 106 valence electrons. The van der Waals surface area contributed by atoms with Crippen molar-refractivity contribution in [2.24, 2.45) is 0 Å². The molecular weight excluding hydrogens is 266 g/mol. The second-order valence-corrected chi connectivity index (χ2v) is 4.66. The quantitative estimate of drug-likeness (QED) is 0.927. The highest BCUT2D eigenvalue weighted by molar-refractivity contribution is 5.92. The zero-order valence-corrected chi connectivity index (χ0v) is 12.1. The van der Waals surface area contributed by atoms with E-state index < -0.39 is 0 Å². The van der Waals surface area contributed by atoms with Crippen LogP contribution in [-0.4, -0.2) is 20.9 Å². The summed E-state index contributed by atoms with van der Waals surface area (Å²) in [4.78, 5) is 24.7. The molecule has 0 saturated heterocycles. The van der Waals surface area contributed by atoms with Gasteiger partial charge in [0.1, 0.15) is 11.8 Å². The third-order valence-electron chi connectivity index (χ3n) is 3.12. The first-order valence-electron chi connectivity index (χ1n) is 6.49. The highest BCUT2D eigenvalue weighted by Crippen LogP contribution is 2.13. The number of aromatic nitrogens is 3. The second-order valence-electron chi connectivity index (χ2n) is 4.66. The number of hydrogen-bond acceptors (Lipinski definition) is 5. The Balaban J connectivity index is 2.17. The number of aryl methyl sites for hydroxylation is 2. The summed E-state index contributed by atoms with van der Waals surface area (Å²) in [6, 6.07) is 4.88. The molecule has 0 spiro atoms. The van der Waals surface area contributed by atoms with Gasteiger partial charge < -0.3 is 5.32 Å². The van der Waals surface area contributed by atoms with Crippen molar-refractivity contribution >= 4 is 5.91 Å². The minimum atomic E-state index is -0.305. The van der Waals surface area contributed by atoms with E-state index in [4.69, 9.17) is 5.26 Å². The van der Waals surface area contributed by atoms with Crippen molar-refractivity contribution < 1.29 is 4.79 Å². The molecule has 2 aromatic heterocycles. The van der Waals surface area contributed by atoms with Gasteiger partial charge in [0, 0.05) is 12.4 Å². The summed E-state index contributed by atoms with van der Waals surface area (Å²) in [5.74, 6) is -0.305. The van der Waals surface area contributed by atoms with Crippen molar-refractivity contribution in [3.05, 3.63) is 52.9 Å². The summed E-state index contributed by atoms with van der Waals surface area (Å²) < 4.78 is 0. The fourth-order valence-corrected chi connectivity index (χ4v) is 1.99. The Morgan fingerprint density at radius 2 is 1.95 bits per heavy atom. The molecule has 0 radical (unpaired) electrons. The summed E-state index contributed by atoms with van der Waals surface area (Å²) >= 11 is 0. The van der Waals surface area contributed by atoms with Gasteiger partial charge in [-0.2, -0.15) is 5.26 Å². The third kappa shape index (κ3) is 3.20. The van der Waals surface area contributed by atoms with Gasteiger partial charge >= 0.3 is 0 Å². The smallest absolute Gasteiger partial charge is 0.270 e. The highest BCUT2D eigenvalue weighted by Gasteiger charge is 2.16. The average Bonchev–Trinajstić information content (AvgIpc) is 2.47. The molecule has 2 rings (SSSR count). The number of pyridine rings is 1. The van der Waals surface area contributed by atoms with E-state index in [1.165, 1.54) is 6.07 Å². The first-order chi connectivity index (χ1) is 10.0. The van der Waals surface area contributed by atoms with Crippen LogP contribution >= 0.6 is 0 Å².